The summed E-state index contributed by atoms with van der Waals surface area (Å²) in [4.78, 5) is 11.2. The van der Waals surface area contributed by atoms with Crippen LogP contribution in [-0.4, -0.2) is 30.2 Å². The van der Waals surface area contributed by atoms with Crippen molar-refractivity contribution in [1.29, 1.82) is 0 Å². The highest BCUT2D eigenvalue weighted by Crippen LogP contribution is 2.04. The minimum absolute atomic E-state index is 0.0294. The third-order valence-electron chi connectivity index (χ3n) is 1.98. The zero-order valence-electron chi connectivity index (χ0n) is 8.42. The van der Waals surface area contributed by atoms with E-state index in [-0.39, 0.29) is 11.8 Å². The Bertz CT molecular complexity index is 145. The van der Waals surface area contributed by atoms with Crippen molar-refractivity contribution in [2.45, 2.75) is 32.8 Å². The lowest BCUT2D eigenvalue weighted by molar-refractivity contribution is -0.122. The molecule has 0 aromatic carbocycles. The van der Waals surface area contributed by atoms with Crippen LogP contribution in [0.1, 0.15) is 26.7 Å². The van der Waals surface area contributed by atoms with Gasteiger partial charge >= 0.3 is 0 Å². The van der Waals surface area contributed by atoms with Gasteiger partial charge in [-0.25, -0.2) is 0 Å². The molecule has 0 spiro atoms. The number of amides is 1. The van der Waals surface area contributed by atoms with E-state index in [0.29, 0.717) is 19.5 Å². The quantitative estimate of drug-likeness (QED) is 0.543. The van der Waals surface area contributed by atoms with Gasteiger partial charge in [0.2, 0.25) is 5.91 Å². The normalized spacial score (nSPS) is 15.1. The van der Waals surface area contributed by atoms with Crippen molar-refractivity contribution in [1.82, 2.24) is 5.32 Å². The molecule has 4 heteroatoms. The summed E-state index contributed by atoms with van der Waals surface area (Å²) >= 11 is 0. The van der Waals surface area contributed by atoms with E-state index in [1.807, 2.05) is 6.92 Å². The first-order chi connectivity index (χ1) is 6.10. The fourth-order valence-corrected chi connectivity index (χ4v) is 0.990. The van der Waals surface area contributed by atoms with Gasteiger partial charge in [0.05, 0.1) is 6.10 Å². The van der Waals surface area contributed by atoms with Crippen LogP contribution in [0.2, 0.25) is 0 Å². The molecule has 0 heterocycles. The van der Waals surface area contributed by atoms with Crippen LogP contribution in [0.4, 0.5) is 0 Å². The fourth-order valence-electron chi connectivity index (χ4n) is 0.990. The lowest BCUT2D eigenvalue weighted by Gasteiger charge is -2.12. The highest BCUT2D eigenvalue weighted by molar-refractivity contribution is 5.76. The molecule has 1 amide bonds. The maximum absolute atomic E-state index is 11.2. The number of aliphatic hydroxyl groups excluding tert-OH is 1. The van der Waals surface area contributed by atoms with Crippen LogP contribution in [0.3, 0.4) is 0 Å². The Labute approximate surface area is 79.5 Å². The molecule has 0 saturated heterocycles. The number of hydrogen-bond donors (Lipinski definition) is 3. The topological polar surface area (TPSA) is 75.4 Å². The average molecular weight is 188 g/mol. The van der Waals surface area contributed by atoms with Gasteiger partial charge in [-0.1, -0.05) is 13.3 Å². The van der Waals surface area contributed by atoms with Crippen molar-refractivity contribution in [2.75, 3.05) is 13.1 Å². The van der Waals surface area contributed by atoms with Crippen molar-refractivity contribution in [3.05, 3.63) is 0 Å². The molecule has 1 unspecified atom stereocenters. The van der Waals surface area contributed by atoms with Crippen molar-refractivity contribution >= 4 is 5.91 Å². The lowest BCUT2D eigenvalue weighted by atomic mass is 10.0. The van der Waals surface area contributed by atoms with E-state index in [1.54, 1.807) is 6.92 Å². The van der Waals surface area contributed by atoms with Gasteiger partial charge in [-0.2, -0.15) is 0 Å². The summed E-state index contributed by atoms with van der Waals surface area (Å²) in [5.74, 6) is 0.229. The Hall–Kier alpha value is -0.610. The number of carbonyl (C=O) groups is 1. The minimum Gasteiger partial charge on any atom is -0.392 e. The summed E-state index contributed by atoms with van der Waals surface area (Å²) in [7, 11) is 0. The van der Waals surface area contributed by atoms with Crippen LogP contribution in [0, 0.1) is 5.92 Å². The Morgan fingerprint density at radius 3 is 2.62 bits per heavy atom. The Morgan fingerprint density at radius 2 is 2.23 bits per heavy atom. The van der Waals surface area contributed by atoms with Gasteiger partial charge in [0.25, 0.3) is 0 Å². The van der Waals surface area contributed by atoms with Crippen LogP contribution in [0.15, 0.2) is 0 Å². The lowest BCUT2D eigenvalue weighted by Crippen LogP contribution is -2.32. The van der Waals surface area contributed by atoms with E-state index in [9.17, 15) is 4.79 Å². The molecule has 0 aromatic rings. The van der Waals surface area contributed by atoms with Gasteiger partial charge in [-0.15, -0.1) is 0 Å². The van der Waals surface area contributed by atoms with Crippen LogP contribution < -0.4 is 11.1 Å². The van der Waals surface area contributed by atoms with Crippen molar-refractivity contribution in [3.8, 4) is 0 Å². The summed E-state index contributed by atoms with van der Waals surface area (Å²) in [5.41, 5.74) is 5.46. The first-order valence-corrected chi connectivity index (χ1v) is 4.75. The summed E-state index contributed by atoms with van der Waals surface area (Å²) in [6, 6.07) is 0. The standard InChI is InChI=1S/C9H20N2O2/c1-3-8(5-10)4-9(13)11-6-7(2)12/h7-8,12H,3-6,10H2,1-2H3,(H,11,13)/t7-,8?/m0/s1. The molecule has 13 heavy (non-hydrogen) atoms. The van der Waals surface area contributed by atoms with Gasteiger partial charge in [0.1, 0.15) is 0 Å². The highest BCUT2D eigenvalue weighted by Gasteiger charge is 2.10. The third-order valence-corrected chi connectivity index (χ3v) is 1.98. The van der Waals surface area contributed by atoms with Crippen LogP contribution in [-0.2, 0) is 4.79 Å². The van der Waals surface area contributed by atoms with E-state index in [2.05, 4.69) is 5.32 Å². The molecular weight excluding hydrogens is 168 g/mol. The third kappa shape index (κ3) is 6.54. The van der Waals surface area contributed by atoms with Crippen LogP contribution in [0.5, 0.6) is 0 Å². The average Bonchev–Trinajstić information content (AvgIpc) is 2.10. The number of hydrogen-bond acceptors (Lipinski definition) is 3. The molecule has 78 valence electrons. The molecule has 0 aromatic heterocycles. The van der Waals surface area contributed by atoms with E-state index in [0.717, 1.165) is 6.42 Å². The molecule has 0 aliphatic heterocycles. The van der Waals surface area contributed by atoms with Crippen LogP contribution >= 0.6 is 0 Å². The van der Waals surface area contributed by atoms with E-state index in [1.165, 1.54) is 0 Å². The second-order valence-corrected chi connectivity index (χ2v) is 3.37. The van der Waals surface area contributed by atoms with E-state index >= 15 is 0 Å². The van der Waals surface area contributed by atoms with E-state index < -0.39 is 6.10 Å². The first kappa shape index (κ1) is 12.4. The second kappa shape index (κ2) is 6.86. The number of nitrogens with one attached hydrogen (secondary N) is 1. The molecule has 0 bridgehead atoms. The monoisotopic (exact) mass is 188 g/mol. The van der Waals surface area contributed by atoms with Crippen molar-refractivity contribution < 1.29 is 9.90 Å². The number of nitrogens with two attached hydrogens (primary N) is 1. The van der Waals surface area contributed by atoms with Gasteiger partial charge in [-0.3, -0.25) is 4.79 Å². The molecule has 0 fully saturated rings. The zero-order chi connectivity index (χ0) is 10.3. The van der Waals surface area contributed by atoms with E-state index in [4.69, 9.17) is 10.8 Å². The van der Waals surface area contributed by atoms with Crippen molar-refractivity contribution in [3.63, 3.8) is 0 Å². The molecule has 0 aliphatic carbocycles. The Kier molecular flexibility index (Phi) is 6.54. The number of carbonyl (C=O) groups excluding carboxylic acids is 1. The maximum atomic E-state index is 11.2. The fraction of sp³-hybridized carbons (Fsp3) is 0.889. The van der Waals surface area contributed by atoms with Gasteiger partial charge in [-0.05, 0) is 19.4 Å². The van der Waals surface area contributed by atoms with Crippen molar-refractivity contribution in [2.24, 2.45) is 11.7 Å². The zero-order valence-corrected chi connectivity index (χ0v) is 8.42. The SMILES string of the molecule is CCC(CN)CC(=O)NC[C@H](C)O. The summed E-state index contributed by atoms with van der Waals surface area (Å²) < 4.78 is 0. The second-order valence-electron chi connectivity index (χ2n) is 3.37. The Balaban J connectivity index is 3.60. The number of rotatable bonds is 6. The molecule has 0 radical (unpaired) electrons. The largest absolute Gasteiger partial charge is 0.392 e. The summed E-state index contributed by atoms with van der Waals surface area (Å²) in [5, 5.41) is 11.5. The van der Waals surface area contributed by atoms with Crippen LogP contribution in [0.25, 0.3) is 0 Å². The van der Waals surface area contributed by atoms with Gasteiger partial charge in [0, 0.05) is 13.0 Å². The van der Waals surface area contributed by atoms with Gasteiger partial charge < -0.3 is 16.2 Å². The smallest absolute Gasteiger partial charge is 0.220 e. The molecule has 4 nitrogen and oxygen atoms in total. The predicted molar refractivity (Wildman–Crippen MR) is 52.1 cm³/mol. The summed E-state index contributed by atoms with van der Waals surface area (Å²) in [6.07, 6.45) is 0.889. The minimum atomic E-state index is -0.484. The first-order valence-electron chi connectivity index (χ1n) is 4.75. The maximum Gasteiger partial charge on any atom is 0.220 e. The van der Waals surface area contributed by atoms with Gasteiger partial charge in [0.15, 0.2) is 0 Å². The molecule has 2 atom stereocenters. The molecule has 4 N–H and O–H groups in total. The predicted octanol–water partition coefficient (Wildman–Crippen LogP) is -0.142. The summed E-state index contributed by atoms with van der Waals surface area (Å²) in [6.45, 7) is 4.51. The number of aliphatic hydroxyl groups is 1. The molecule has 0 rings (SSSR count). The Morgan fingerprint density at radius 1 is 1.62 bits per heavy atom. The highest BCUT2D eigenvalue weighted by atomic mass is 16.3. The molecule has 0 saturated carbocycles. The molecular formula is C9H20N2O2. The molecule has 0 aliphatic rings.